The highest BCUT2D eigenvalue weighted by Gasteiger charge is 2.25. The molecule has 1 saturated carbocycles. The van der Waals surface area contributed by atoms with E-state index in [1.165, 1.54) is 23.7 Å². The number of hydrogen-bond acceptors (Lipinski definition) is 2. The van der Waals surface area contributed by atoms with Crippen LogP contribution in [0.15, 0.2) is 42.7 Å². The van der Waals surface area contributed by atoms with Crippen LogP contribution in [0.1, 0.15) is 72.6 Å². The van der Waals surface area contributed by atoms with Crippen molar-refractivity contribution in [2.24, 2.45) is 5.92 Å². The summed E-state index contributed by atoms with van der Waals surface area (Å²) < 4.78 is 2.34. The van der Waals surface area contributed by atoms with Crippen molar-refractivity contribution < 1.29 is 9.90 Å². The minimum Gasteiger partial charge on any atom is -0.478 e. The summed E-state index contributed by atoms with van der Waals surface area (Å²) in [6.45, 7) is 5.54. The van der Waals surface area contributed by atoms with E-state index in [4.69, 9.17) is 0 Å². The lowest BCUT2D eigenvalue weighted by molar-refractivity contribution is 0.0695. The molecule has 0 atom stereocenters. The van der Waals surface area contributed by atoms with Crippen LogP contribution in [0.5, 0.6) is 0 Å². The number of aromatic carboxylic acids is 1. The topological polar surface area (TPSA) is 55.1 Å². The number of hydrogen-bond donors (Lipinski definition) is 1. The van der Waals surface area contributed by atoms with Crippen LogP contribution in [0.4, 0.5) is 0 Å². The van der Waals surface area contributed by atoms with E-state index < -0.39 is 5.97 Å². The molecule has 0 saturated heterocycles. The predicted molar refractivity (Wildman–Crippen MR) is 112 cm³/mol. The average molecular weight is 377 g/mol. The van der Waals surface area contributed by atoms with Gasteiger partial charge >= 0.3 is 5.97 Å². The highest BCUT2D eigenvalue weighted by Crippen LogP contribution is 2.40. The van der Waals surface area contributed by atoms with Gasteiger partial charge in [0.1, 0.15) is 0 Å². The molecule has 0 spiro atoms. The third kappa shape index (κ3) is 3.82. The molecule has 3 aromatic rings. The summed E-state index contributed by atoms with van der Waals surface area (Å²) in [4.78, 5) is 16.3. The summed E-state index contributed by atoms with van der Waals surface area (Å²) in [5.41, 5.74) is 4.40. The number of nitrogens with zero attached hydrogens (tertiary/aromatic N) is 2. The van der Waals surface area contributed by atoms with Crippen molar-refractivity contribution in [3.8, 4) is 0 Å². The lowest BCUT2D eigenvalue weighted by atomic mass is 10.0. The second-order valence-electron chi connectivity index (χ2n) is 8.06. The van der Waals surface area contributed by atoms with E-state index in [-0.39, 0.29) is 0 Å². The largest absolute Gasteiger partial charge is 0.478 e. The number of fused-ring (bicyclic) bond motifs is 1. The highest BCUT2D eigenvalue weighted by molar-refractivity contribution is 5.89. The van der Waals surface area contributed by atoms with Gasteiger partial charge < -0.3 is 9.67 Å². The Morgan fingerprint density at radius 3 is 2.68 bits per heavy atom. The molecule has 4 heteroatoms. The van der Waals surface area contributed by atoms with Crippen LogP contribution in [-0.2, 0) is 13.0 Å². The van der Waals surface area contributed by atoms with E-state index in [2.05, 4.69) is 53.9 Å². The van der Waals surface area contributed by atoms with Crippen LogP contribution in [0.3, 0.4) is 0 Å². The molecular formula is C24H28N2O2. The summed E-state index contributed by atoms with van der Waals surface area (Å²) in [7, 11) is 0. The second-order valence-corrected chi connectivity index (χ2v) is 8.06. The Morgan fingerprint density at radius 1 is 1.21 bits per heavy atom. The van der Waals surface area contributed by atoms with Gasteiger partial charge in [-0.25, -0.2) is 4.79 Å². The molecule has 1 fully saturated rings. The van der Waals surface area contributed by atoms with Crippen LogP contribution in [0.25, 0.3) is 10.9 Å². The smallest absolute Gasteiger partial charge is 0.337 e. The average Bonchev–Trinajstić information content (AvgIpc) is 3.48. The first-order valence-electron chi connectivity index (χ1n) is 10.4. The maximum Gasteiger partial charge on any atom is 0.337 e. The van der Waals surface area contributed by atoms with Gasteiger partial charge in [-0.15, -0.1) is 0 Å². The fourth-order valence-corrected chi connectivity index (χ4v) is 4.01. The molecular weight excluding hydrogens is 348 g/mol. The van der Waals surface area contributed by atoms with E-state index in [0.29, 0.717) is 29.5 Å². The number of pyridine rings is 1. The summed E-state index contributed by atoms with van der Waals surface area (Å²) in [6.07, 6.45) is 9.24. The van der Waals surface area contributed by atoms with Crippen molar-refractivity contribution in [3.63, 3.8) is 0 Å². The zero-order chi connectivity index (χ0) is 19.7. The zero-order valence-electron chi connectivity index (χ0n) is 16.7. The van der Waals surface area contributed by atoms with Crippen molar-refractivity contribution >= 4 is 16.9 Å². The van der Waals surface area contributed by atoms with E-state index >= 15 is 0 Å². The molecule has 4 rings (SSSR count). The molecule has 0 radical (unpaired) electrons. The van der Waals surface area contributed by atoms with Crippen molar-refractivity contribution in [1.82, 2.24) is 9.55 Å². The van der Waals surface area contributed by atoms with Crippen LogP contribution in [-0.4, -0.2) is 20.6 Å². The fraction of sp³-hybridized carbons (Fsp3) is 0.417. The normalized spacial score (nSPS) is 14.1. The van der Waals surface area contributed by atoms with Crippen molar-refractivity contribution in [2.75, 3.05) is 0 Å². The molecule has 1 aromatic carbocycles. The van der Waals surface area contributed by atoms with Gasteiger partial charge in [-0.05, 0) is 65.5 Å². The minimum absolute atomic E-state index is 0.343. The number of carboxylic acids is 1. The predicted octanol–water partition coefficient (Wildman–Crippen LogP) is 5.64. The molecule has 0 amide bonds. The van der Waals surface area contributed by atoms with Gasteiger partial charge in [0.25, 0.3) is 0 Å². The summed E-state index contributed by atoms with van der Waals surface area (Å²) >= 11 is 0. The molecule has 4 nitrogen and oxygen atoms in total. The third-order valence-electron chi connectivity index (χ3n) is 6.09. The van der Waals surface area contributed by atoms with Gasteiger partial charge in [-0.2, -0.15) is 0 Å². The quantitative estimate of drug-likeness (QED) is 0.553. The van der Waals surface area contributed by atoms with Gasteiger partial charge in [0.05, 0.1) is 11.3 Å². The number of aromatic nitrogens is 2. The van der Waals surface area contributed by atoms with Gasteiger partial charge in [0, 0.05) is 30.9 Å². The lowest BCUT2D eigenvalue weighted by Gasteiger charge is -2.14. The van der Waals surface area contributed by atoms with Crippen LogP contribution < -0.4 is 0 Å². The number of carbonyl (C=O) groups is 1. The van der Waals surface area contributed by atoms with E-state index in [1.54, 1.807) is 0 Å². The molecule has 1 N–H and O–H groups in total. The first kappa shape index (κ1) is 18.7. The van der Waals surface area contributed by atoms with Gasteiger partial charge in [0.15, 0.2) is 0 Å². The Morgan fingerprint density at radius 2 is 2.00 bits per heavy atom. The lowest BCUT2D eigenvalue weighted by Crippen LogP contribution is -2.08. The number of benzene rings is 1. The molecule has 0 aliphatic heterocycles. The van der Waals surface area contributed by atoms with E-state index in [1.807, 2.05) is 12.3 Å². The molecule has 1 aliphatic rings. The number of carboxylic acid groups (broad SMARTS) is 1. The molecule has 0 unspecified atom stereocenters. The molecule has 2 aromatic heterocycles. The van der Waals surface area contributed by atoms with Crippen LogP contribution in [0, 0.1) is 5.92 Å². The fourth-order valence-electron chi connectivity index (χ4n) is 4.01. The number of rotatable bonds is 8. The van der Waals surface area contributed by atoms with Crippen LogP contribution in [0.2, 0.25) is 0 Å². The minimum atomic E-state index is -0.887. The third-order valence-corrected chi connectivity index (χ3v) is 6.09. The highest BCUT2D eigenvalue weighted by atomic mass is 16.4. The Labute approximate surface area is 166 Å². The maximum absolute atomic E-state index is 11.7. The van der Waals surface area contributed by atoms with Crippen LogP contribution >= 0.6 is 0 Å². The zero-order valence-corrected chi connectivity index (χ0v) is 16.7. The van der Waals surface area contributed by atoms with Gasteiger partial charge in [0.2, 0.25) is 0 Å². The summed E-state index contributed by atoms with van der Waals surface area (Å²) in [5.74, 6) is 0.316. The van der Waals surface area contributed by atoms with Crippen molar-refractivity contribution in [2.45, 2.75) is 58.4 Å². The molecule has 28 heavy (non-hydrogen) atoms. The van der Waals surface area contributed by atoms with Crippen molar-refractivity contribution in [3.05, 3.63) is 65.1 Å². The first-order chi connectivity index (χ1) is 13.6. The Hall–Kier alpha value is -2.62. The first-order valence-corrected chi connectivity index (χ1v) is 10.4. The van der Waals surface area contributed by atoms with Gasteiger partial charge in [-0.1, -0.05) is 32.8 Å². The Kier molecular flexibility index (Phi) is 5.21. The summed E-state index contributed by atoms with van der Waals surface area (Å²) in [5, 5.41) is 10.8. The van der Waals surface area contributed by atoms with E-state index in [9.17, 15) is 9.90 Å². The molecule has 1 aliphatic carbocycles. The van der Waals surface area contributed by atoms with E-state index in [0.717, 1.165) is 30.5 Å². The summed E-state index contributed by atoms with van der Waals surface area (Å²) in [6, 6.07) is 10.4. The Balaban J connectivity index is 1.59. The maximum atomic E-state index is 11.7. The molecule has 2 heterocycles. The van der Waals surface area contributed by atoms with Crippen molar-refractivity contribution in [1.29, 1.82) is 0 Å². The monoisotopic (exact) mass is 376 g/mol. The standard InChI is InChI=1S/C24H28N2O2/c1-3-16(4-2)15-26-10-9-19-11-17(5-8-23(19)26)12-22-21(24(27)28)13-20(14-25-22)18-6-7-18/h5,8-11,13-14,16,18H,3-4,6-7,12,15H2,1-2H3,(H,27,28). The Bertz CT molecular complexity index is 997. The molecule has 146 valence electrons. The SMILES string of the molecule is CCC(CC)Cn1ccc2cc(Cc3ncc(C4CC4)cc3C(=O)O)ccc21. The molecule has 0 bridgehead atoms. The second kappa shape index (κ2) is 7.78. The van der Waals surface area contributed by atoms with Gasteiger partial charge in [-0.3, -0.25) is 4.98 Å².